The normalized spacial score (nSPS) is 13.9. The van der Waals surface area contributed by atoms with Crippen molar-refractivity contribution in [3.63, 3.8) is 0 Å². The second kappa shape index (κ2) is 4.97. The summed E-state index contributed by atoms with van der Waals surface area (Å²) in [5.74, 6) is -0.315. The highest BCUT2D eigenvalue weighted by molar-refractivity contribution is 7.13. The lowest BCUT2D eigenvalue weighted by Crippen LogP contribution is -2.14. The average molecular weight is 275 g/mol. The van der Waals surface area contributed by atoms with Gasteiger partial charge < -0.3 is 5.11 Å². The van der Waals surface area contributed by atoms with Crippen LogP contribution in [0.4, 0.5) is 5.13 Å². The SMILES string of the molecule is O=C(Nc1nncs1)c1cc2c(cc1O)CCCC2. The number of hydrogen-bond acceptors (Lipinski definition) is 5. The van der Waals surface area contributed by atoms with Gasteiger partial charge in [0.2, 0.25) is 5.13 Å². The van der Waals surface area contributed by atoms with Gasteiger partial charge in [0, 0.05) is 0 Å². The van der Waals surface area contributed by atoms with Gasteiger partial charge in [0.1, 0.15) is 11.3 Å². The van der Waals surface area contributed by atoms with Gasteiger partial charge in [-0.2, -0.15) is 0 Å². The molecule has 5 nitrogen and oxygen atoms in total. The van der Waals surface area contributed by atoms with Crippen LogP contribution in [0.1, 0.15) is 34.3 Å². The Morgan fingerprint density at radius 1 is 1.26 bits per heavy atom. The molecule has 98 valence electrons. The smallest absolute Gasteiger partial charge is 0.261 e. The highest BCUT2D eigenvalue weighted by Gasteiger charge is 2.18. The molecule has 0 atom stereocenters. The Hall–Kier alpha value is -1.95. The van der Waals surface area contributed by atoms with Crippen molar-refractivity contribution in [3.05, 3.63) is 34.3 Å². The van der Waals surface area contributed by atoms with E-state index in [1.165, 1.54) is 11.3 Å². The van der Waals surface area contributed by atoms with Crippen molar-refractivity contribution in [2.75, 3.05) is 5.32 Å². The van der Waals surface area contributed by atoms with Gasteiger partial charge in [-0.05, 0) is 48.9 Å². The van der Waals surface area contributed by atoms with Crippen LogP contribution in [0.5, 0.6) is 5.75 Å². The van der Waals surface area contributed by atoms with E-state index in [0.717, 1.165) is 36.8 Å². The minimum Gasteiger partial charge on any atom is -0.507 e. The first-order valence-corrected chi connectivity index (χ1v) is 7.04. The number of aromatic hydroxyl groups is 1. The predicted octanol–water partition coefficient (Wildman–Crippen LogP) is 2.37. The molecular formula is C13H13N3O2S. The number of amides is 1. The molecule has 0 spiro atoms. The number of phenols is 1. The highest BCUT2D eigenvalue weighted by atomic mass is 32.1. The maximum absolute atomic E-state index is 12.1. The van der Waals surface area contributed by atoms with Crippen molar-refractivity contribution >= 4 is 22.4 Å². The summed E-state index contributed by atoms with van der Waals surface area (Å²) in [6, 6.07) is 3.50. The van der Waals surface area contributed by atoms with Gasteiger partial charge >= 0.3 is 0 Å². The number of nitrogens with zero attached hydrogens (tertiary/aromatic N) is 2. The molecule has 3 rings (SSSR count). The summed E-state index contributed by atoms with van der Waals surface area (Å²) in [7, 11) is 0. The highest BCUT2D eigenvalue weighted by Crippen LogP contribution is 2.29. The largest absolute Gasteiger partial charge is 0.507 e. The lowest BCUT2D eigenvalue weighted by Gasteiger charge is -2.17. The zero-order chi connectivity index (χ0) is 13.2. The van der Waals surface area contributed by atoms with Crippen molar-refractivity contribution in [3.8, 4) is 5.75 Å². The number of nitrogens with one attached hydrogen (secondary N) is 1. The van der Waals surface area contributed by atoms with Gasteiger partial charge in [0.25, 0.3) is 5.91 Å². The number of carbonyl (C=O) groups excluding carboxylic acids is 1. The zero-order valence-electron chi connectivity index (χ0n) is 10.2. The Morgan fingerprint density at radius 3 is 2.68 bits per heavy atom. The molecule has 0 aliphatic heterocycles. The van der Waals surface area contributed by atoms with Crippen LogP contribution >= 0.6 is 11.3 Å². The van der Waals surface area contributed by atoms with E-state index >= 15 is 0 Å². The summed E-state index contributed by atoms with van der Waals surface area (Å²) in [6.45, 7) is 0. The fourth-order valence-corrected chi connectivity index (χ4v) is 2.79. The van der Waals surface area contributed by atoms with Gasteiger partial charge in [-0.15, -0.1) is 10.2 Å². The molecule has 1 aromatic carbocycles. The molecule has 0 bridgehead atoms. The minimum atomic E-state index is -0.345. The van der Waals surface area contributed by atoms with Crippen LogP contribution in [-0.4, -0.2) is 21.2 Å². The number of aromatic nitrogens is 2. The number of fused-ring (bicyclic) bond motifs is 1. The van der Waals surface area contributed by atoms with E-state index in [4.69, 9.17) is 0 Å². The van der Waals surface area contributed by atoms with E-state index in [2.05, 4.69) is 15.5 Å². The Balaban J connectivity index is 1.89. The molecule has 1 aromatic heterocycles. The lowest BCUT2D eigenvalue weighted by molar-refractivity contribution is 0.102. The van der Waals surface area contributed by atoms with Crippen molar-refractivity contribution < 1.29 is 9.90 Å². The molecule has 6 heteroatoms. The molecule has 19 heavy (non-hydrogen) atoms. The fraction of sp³-hybridized carbons (Fsp3) is 0.308. The van der Waals surface area contributed by atoms with E-state index in [1.807, 2.05) is 0 Å². The Kier molecular flexibility index (Phi) is 3.16. The van der Waals surface area contributed by atoms with Crippen LogP contribution in [-0.2, 0) is 12.8 Å². The third-order valence-corrected chi connectivity index (χ3v) is 3.89. The number of rotatable bonds is 2. The Bertz CT molecular complexity index is 611. The van der Waals surface area contributed by atoms with Crippen LogP contribution in [0.15, 0.2) is 17.6 Å². The van der Waals surface area contributed by atoms with Gasteiger partial charge in [-0.1, -0.05) is 11.3 Å². The van der Waals surface area contributed by atoms with E-state index in [9.17, 15) is 9.90 Å². The molecule has 0 saturated carbocycles. The molecule has 1 aliphatic carbocycles. The number of benzene rings is 1. The molecule has 2 N–H and O–H groups in total. The van der Waals surface area contributed by atoms with E-state index < -0.39 is 0 Å². The standard InChI is InChI=1S/C13H13N3O2S/c17-11-6-9-4-2-1-3-8(9)5-10(11)12(18)15-13-16-14-7-19-13/h5-7,17H,1-4H2,(H,15,16,18). The monoisotopic (exact) mass is 275 g/mol. The molecule has 0 radical (unpaired) electrons. The van der Waals surface area contributed by atoms with E-state index in [1.54, 1.807) is 17.6 Å². The van der Waals surface area contributed by atoms with Gasteiger partial charge in [-0.3, -0.25) is 10.1 Å². The van der Waals surface area contributed by atoms with Crippen molar-refractivity contribution in [1.82, 2.24) is 10.2 Å². The summed E-state index contributed by atoms with van der Waals surface area (Å²) < 4.78 is 0. The topological polar surface area (TPSA) is 75.1 Å². The third-order valence-electron chi connectivity index (χ3n) is 3.29. The maximum Gasteiger partial charge on any atom is 0.261 e. The molecule has 0 unspecified atom stereocenters. The van der Waals surface area contributed by atoms with Gasteiger partial charge in [0.15, 0.2) is 0 Å². The van der Waals surface area contributed by atoms with Crippen LogP contribution in [0.25, 0.3) is 0 Å². The Morgan fingerprint density at radius 2 is 2.00 bits per heavy atom. The Labute approximate surface area is 114 Å². The summed E-state index contributed by atoms with van der Waals surface area (Å²) in [5, 5.41) is 20.4. The second-order valence-corrected chi connectivity index (χ2v) is 5.38. The number of aryl methyl sites for hydroxylation is 2. The van der Waals surface area contributed by atoms with Crippen molar-refractivity contribution in [2.45, 2.75) is 25.7 Å². The van der Waals surface area contributed by atoms with Crippen LogP contribution in [0.3, 0.4) is 0 Å². The first-order chi connectivity index (χ1) is 9.24. The second-order valence-electron chi connectivity index (χ2n) is 4.54. The fourth-order valence-electron chi connectivity index (χ4n) is 2.35. The molecule has 2 aromatic rings. The minimum absolute atomic E-state index is 0.0302. The third kappa shape index (κ3) is 2.44. The summed E-state index contributed by atoms with van der Waals surface area (Å²) in [5.41, 5.74) is 4.15. The molecule has 0 saturated heterocycles. The summed E-state index contributed by atoms with van der Waals surface area (Å²) in [4.78, 5) is 12.1. The molecule has 0 fully saturated rings. The van der Waals surface area contributed by atoms with E-state index in [0.29, 0.717) is 10.7 Å². The molecule has 1 heterocycles. The zero-order valence-corrected chi connectivity index (χ0v) is 11.0. The number of hydrogen-bond donors (Lipinski definition) is 2. The van der Waals surface area contributed by atoms with Crippen LogP contribution in [0, 0.1) is 0 Å². The predicted molar refractivity (Wildman–Crippen MR) is 72.6 cm³/mol. The first-order valence-electron chi connectivity index (χ1n) is 6.16. The average Bonchev–Trinajstić information content (AvgIpc) is 2.90. The lowest BCUT2D eigenvalue weighted by atomic mass is 9.90. The maximum atomic E-state index is 12.1. The van der Waals surface area contributed by atoms with Crippen molar-refractivity contribution in [1.29, 1.82) is 0 Å². The molecule has 1 aliphatic rings. The molecular weight excluding hydrogens is 262 g/mol. The molecule has 1 amide bonds. The van der Waals surface area contributed by atoms with Crippen LogP contribution in [0.2, 0.25) is 0 Å². The van der Waals surface area contributed by atoms with Crippen LogP contribution < -0.4 is 5.32 Å². The summed E-state index contributed by atoms with van der Waals surface area (Å²) >= 11 is 1.24. The number of phenolic OH excluding ortho intramolecular Hbond substituents is 1. The van der Waals surface area contributed by atoms with Gasteiger partial charge in [0.05, 0.1) is 5.56 Å². The first kappa shape index (κ1) is 12.1. The number of carbonyl (C=O) groups is 1. The van der Waals surface area contributed by atoms with Crippen molar-refractivity contribution in [2.24, 2.45) is 0 Å². The summed E-state index contributed by atoms with van der Waals surface area (Å²) in [6.07, 6.45) is 4.22. The number of anilines is 1. The quantitative estimate of drug-likeness (QED) is 0.882. The van der Waals surface area contributed by atoms with E-state index in [-0.39, 0.29) is 11.7 Å². The van der Waals surface area contributed by atoms with Gasteiger partial charge in [-0.25, -0.2) is 0 Å².